The fourth-order valence-electron chi connectivity index (χ4n) is 2.06. The number of aromatic nitrogens is 1. The molecule has 0 saturated carbocycles. The van der Waals surface area contributed by atoms with Crippen molar-refractivity contribution < 1.29 is 5.11 Å². The Morgan fingerprint density at radius 1 is 1.00 bits per heavy atom. The number of aromatic hydroxyl groups is 1. The van der Waals surface area contributed by atoms with Crippen LogP contribution in [0.25, 0.3) is 10.8 Å². The van der Waals surface area contributed by atoms with Gasteiger partial charge in [-0.2, -0.15) is 0 Å². The molecular weight excluding hydrogens is 268 g/mol. The molecule has 100 valence electrons. The molecule has 0 spiro atoms. The van der Waals surface area contributed by atoms with E-state index in [1.807, 2.05) is 42.5 Å². The van der Waals surface area contributed by atoms with Crippen LogP contribution in [-0.4, -0.2) is 10.1 Å². The zero-order chi connectivity index (χ0) is 13.9. The Balaban J connectivity index is 1.88. The topological polar surface area (TPSA) is 59.1 Å². The average Bonchev–Trinajstić information content (AvgIpc) is 2.49. The Morgan fingerprint density at radius 2 is 1.80 bits per heavy atom. The molecule has 0 aliphatic carbocycles. The number of fused-ring (bicyclic) bond motifs is 1. The third-order valence-corrected chi connectivity index (χ3v) is 4.25. The summed E-state index contributed by atoms with van der Waals surface area (Å²) in [6, 6.07) is 15.4. The lowest BCUT2D eigenvalue weighted by atomic mass is 10.1. The van der Waals surface area contributed by atoms with Gasteiger partial charge in [-0.3, -0.25) is 0 Å². The van der Waals surface area contributed by atoms with Crippen LogP contribution in [0.2, 0.25) is 0 Å². The molecule has 3 N–H and O–H groups in total. The van der Waals surface area contributed by atoms with Crippen LogP contribution in [0.5, 0.6) is 5.75 Å². The van der Waals surface area contributed by atoms with Crippen molar-refractivity contribution in [2.24, 2.45) is 0 Å². The van der Waals surface area contributed by atoms with Gasteiger partial charge in [-0.05, 0) is 29.1 Å². The van der Waals surface area contributed by atoms with Gasteiger partial charge in [0.1, 0.15) is 11.6 Å². The Morgan fingerprint density at radius 3 is 2.55 bits per heavy atom. The van der Waals surface area contributed by atoms with Crippen molar-refractivity contribution in [3.05, 3.63) is 60.3 Å². The predicted octanol–water partition coefficient (Wildman–Crippen LogP) is 3.81. The fraction of sp³-hybridized carbons (Fsp3) is 0.0625. The first-order chi connectivity index (χ1) is 9.74. The van der Waals surface area contributed by atoms with Crippen LogP contribution in [0.3, 0.4) is 0 Å². The molecule has 3 rings (SSSR count). The van der Waals surface area contributed by atoms with Crippen LogP contribution in [0.1, 0.15) is 5.56 Å². The highest BCUT2D eigenvalue weighted by Gasteiger charge is 2.05. The number of anilines is 1. The first kappa shape index (κ1) is 12.8. The summed E-state index contributed by atoms with van der Waals surface area (Å²) in [5.41, 5.74) is 6.71. The number of pyridine rings is 1. The summed E-state index contributed by atoms with van der Waals surface area (Å²) in [5, 5.41) is 11.8. The monoisotopic (exact) mass is 282 g/mol. The van der Waals surface area contributed by atoms with E-state index in [9.17, 15) is 5.11 Å². The molecular formula is C16H14N2OS. The van der Waals surface area contributed by atoms with E-state index < -0.39 is 0 Å². The molecule has 3 aromatic rings. The maximum Gasteiger partial charge on any atom is 0.123 e. The van der Waals surface area contributed by atoms with Gasteiger partial charge >= 0.3 is 0 Å². The number of benzene rings is 2. The second-order valence-corrected chi connectivity index (χ2v) is 5.53. The fourth-order valence-corrected chi connectivity index (χ4v) is 3.05. The summed E-state index contributed by atoms with van der Waals surface area (Å²) in [5.74, 6) is 1.68. The molecule has 0 atom stereocenters. The molecule has 0 saturated heterocycles. The molecule has 1 aromatic heterocycles. The van der Waals surface area contributed by atoms with E-state index in [2.05, 4.69) is 4.98 Å². The standard InChI is InChI=1S/C16H14N2OS/c17-16-8-5-11(9-18-16)10-20-15-7-6-14(19)12-3-1-2-4-13(12)15/h1-9,19H,10H2,(H2,17,18). The number of phenols is 1. The lowest BCUT2D eigenvalue weighted by Gasteiger charge is -2.08. The molecule has 20 heavy (non-hydrogen) atoms. The van der Waals surface area contributed by atoms with Gasteiger partial charge in [0.2, 0.25) is 0 Å². The summed E-state index contributed by atoms with van der Waals surface area (Å²) in [4.78, 5) is 5.24. The van der Waals surface area contributed by atoms with Crippen LogP contribution < -0.4 is 5.73 Å². The summed E-state index contributed by atoms with van der Waals surface area (Å²) in [6.45, 7) is 0. The van der Waals surface area contributed by atoms with Crippen LogP contribution in [0.4, 0.5) is 5.82 Å². The summed E-state index contributed by atoms with van der Waals surface area (Å²) < 4.78 is 0. The van der Waals surface area contributed by atoms with Crippen LogP contribution in [0.15, 0.2) is 59.6 Å². The van der Waals surface area contributed by atoms with Crippen LogP contribution in [0, 0.1) is 0 Å². The summed E-state index contributed by atoms with van der Waals surface area (Å²) in [7, 11) is 0. The molecule has 1 heterocycles. The van der Waals surface area contributed by atoms with E-state index in [-0.39, 0.29) is 0 Å². The third-order valence-electron chi connectivity index (χ3n) is 3.10. The van der Waals surface area contributed by atoms with Crippen molar-refractivity contribution in [1.82, 2.24) is 4.98 Å². The number of phenolic OH excluding ortho intramolecular Hbond substituents is 1. The minimum Gasteiger partial charge on any atom is -0.507 e. The molecule has 0 amide bonds. The quantitative estimate of drug-likeness (QED) is 0.717. The highest BCUT2D eigenvalue weighted by Crippen LogP contribution is 2.34. The van der Waals surface area contributed by atoms with E-state index in [1.54, 1.807) is 24.0 Å². The number of nitrogens with zero attached hydrogens (tertiary/aromatic N) is 1. The van der Waals surface area contributed by atoms with E-state index in [0.29, 0.717) is 11.6 Å². The smallest absolute Gasteiger partial charge is 0.123 e. The van der Waals surface area contributed by atoms with Crippen molar-refractivity contribution >= 4 is 28.4 Å². The molecule has 0 aliphatic heterocycles. The molecule has 0 bridgehead atoms. The Labute approximate surface area is 121 Å². The van der Waals surface area contributed by atoms with E-state index >= 15 is 0 Å². The van der Waals surface area contributed by atoms with Crippen LogP contribution >= 0.6 is 11.8 Å². The second kappa shape index (κ2) is 5.43. The van der Waals surface area contributed by atoms with Gasteiger partial charge in [0, 0.05) is 22.2 Å². The molecule has 0 unspecified atom stereocenters. The molecule has 2 aromatic carbocycles. The Bertz CT molecular complexity index is 741. The second-order valence-electron chi connectivity index (χ2n) is 4.51. The Hall–Kier alpha value is -2.20. The maximum atomic E-state index is 9.88. The third kappa shape index (κ3) is 2.56. The van der Waals surface area contributed by atoms with Crippen molar-refractivity contribution in [3.8, 4) is 5.75 Å². The summed E-state index contributed by atoms with van der Waals surface area (Å²) >= 11 is 1.73. The highest BCUT2D eigenvalue weighted by atomic mass is 32.2. The van der Waals surface area contributed by atoms with Crippen LogP contribution in [-0.2, 0) is 5.75 Å². The average molecular weight is 282 g/mol. The summed E-state index contributed by atoms with van der Waals surface area (Å²) in [6.07, 6.45) is 1.80. The van der Waals surface area contributed by atoms with Gasteiger partial charge in [-0.15, -0.1) is 11.8 Å². The number of nitrogen functional groups attached to an aromatic ring is 1. The Kier molecular flexibility index (Phi) is 3.48. The minimum absolute atomic E-state index is 0.319. The minimum atomic E-state index is 0.319. The largest absolute Gasteiger partial charge is 0.507 e. The normalized spacial score (nSPS) is 10.8. The first-order valence-corrected chi connectivity index (χ1v) is 7.26. The van der Waals surface area contributed by atoms with Gasteiger partial charge in [-0.25, -0.2) is 4.98 Å². The zero-order valence-electron chi connectivity index (χ0n) is 10.8. The van der Waals surface area contributed by atoms with Gasteiger partial charge < -0.3 is 10.8 Å². The van der Waals surface area contributed by atoms with E-state index in [1.165, 1.54) is 0 Å². The van der Waals surface area contributed by atoms with Gasteiger partial charge in [-0.1, -0.05) is 30.3 Å². The lowest BCUT2D eigenvalue weighted by Crippen LogP contribution is -1.90. The van der Waals surface area contributed by atoms with Crippen molar-refractivity contribution in [2.45, 2.75) is 10.6 Å². The van der Waals surface area contributed by atoms with E-state index in [0.717, 1.165) is 27.0 Å². The van der Waals surface area contributed by atoms with Gasteiger partial charge in [0.05, 0.1) is 0 Å². The SMILES string of the molecule is Nc1ccc(CSc2ccc(O)c3ccccc23)cn1. The lowest BCUT2D eigenvalue weighted by molar-refractivity contribution is 0.481. The molecule has 4 heteroatoms. The number of thioether (sulfide) groups is 1. The molecule has 3 nitrogen and oxygen atoms in total. The number of nitrogens with two attached hydrogens (primary N) is 1. The first-order valence-electron chi connectivity index (χ1n) is 6.28. The molecule has 0 aliphatic rings. The highest BCUT2D eigenvalue weighted by molar-refractivity contribution is 7.98. The molecule has 0 fully saturated rings. The van der Waals surface area contributed by atoms with Gasteiger partial charge in [0.15, 0.2) is 0 Å². The van der Waals surface area contributed by atoms with Crippen molar-refractivity contribution in [3.63, 3.8) is 0 Å². The number of hydrogen-bond acceptors (Lipinski definition) is 4. The number of hydrogen-bond donors (Lipinski definition) is 2. The molecule has 0 radical (unpaired) electrons. The maximum absolute atomic E-state index is 9.88. The predicted molar refractivity (Wildman–Crippen MR) is 83.8 cm³/mol. The van der Waals surface area contributed by atoms with E-state index in [4.69, 9.17) is 5.73 Å². The number of rotatable bonds is 3. The van der Waals surface area contributed by atoms with Crippen molar-refractivity contribution in [2.75, 3.05) is 5.73 Å². The zero-order valence-corrected chi connectivity index (χ0v) is 11.6. The van der Waals surface area contributed by atoms with Gasteiger partial charge in [0.25, 0.3) is 0 Å². The van der Waals surface area contributed by atoms with Crippen molar-refractivity contribution in [1.29, 1.82) is 0 Å².